The summed E-state index contributed by atoms with van der Waals surface area (Å²) < 4.78 is 0. The Hall–Kier alpha value is -1.42. The van der Waals surface area contributed by atoms with E-state index in [4.69, 9.17) is 0 Å². The van der Waals surface area contributed by atoms with Crippen LogP contribution in [0.15, 0.2) is 60.7 Å². The highest BCUT2D eigenvalue weighted by atomic mass is 28.3. The van der Waals surface area contributed by atoms with Crippen LogP contribution in [0.1, 0.15) is 27.2 Å². The molecule has 2 nitrogen and oxygen atoms in total. The van der Waals surface area contributed by atoms with Gasteiger partial charge in [-0.2, -0.15) is 0 Å². The second-order valence-electron chi connectivity index (χ2n) is 8.67. The molecule has 1 aliphatic rings. The summed E-state index contributed by atoms with van der Waals surface area (Å²) in [6, 6.07) is 22.9. The van der Waals surface area contributed by atoms with Crippen molar-refractivity contribution in [3.8, 4) is 0 Å². The highest BCUT2D eigenvalue weighted by molar-refractivity contribution is 7.04. The normalized spacial score (nSPS) is 19.6. The Morgan fingerprint density at radius 3 is 1.64 bits per heavy atom. The van der Waals surface area contributed by atoms with Gasteiger partial charge in [0, 0.05) is 5.41 Å². The summed E-state index contributed by atoms with van der Waals surface area (Å²) in [7, 11) is -2.09. The minimum Gasteiger partial charge on any atom is -0.396 e. The predicted molar refractivity (Wildman–Crippen MR) is 107 cm³/mol. The highest BCUT2D eigenvalue weighted by Crippen LogP contribution is 2.57. The maximum Gasteiger partial charge on any atom is 0.123 e. The standard InChI is InChI=1S/C22H30O2Si/c1-21(2,3)25(19-10-6-4-7-11-19,20-12-8-5-9-13-20)15-18-14-22(18,16-23)17-24/h4-13,18,23-24H,14-17H2,1-3H3/t18-/m1/s1. The van der Waals surface area contributed by atoms with Gasteiger partial charge in [-0.1, -0.05) is 91.8 Å². The third-order valence-electron chi connectivity index (χ3n) is 6.35. The number of aliphatic hydroxyl groups is 2. The van der Waals surface area contributed by atoms with E-state index in [9.17, 15) is 10.2 Å². The van der Waals surface area contributed by atoms with Gasteiger partial charge < -0.3 is 10.2 Å². The maximum atomic E-state index is 9.82. The van der Waals surface area contributed by atoms with Crippen molar-refractivity contribution in [3.63, 3.8) is 0 Å². The van der Waals surface area contributed by atoms with Gasteiger partial charge in [0.1, 0.15) is 8.07 Å². The lowest BCUT2D eigenvalue weighted by atomic mass is 10.1. The molecule has 0 saturated heterocycles. The van der Waals surface area contributed by atoms with E-state index in [0.29, 0.717) is 5.92 Å². The van der Waals surface area contributed by atoms with Gasteiger partial charge >= 0.3 is 0 Å². The van der Waals surface area contributed by atoms with Crippen LogP contribution in [0.25, 0.3) is 0 Å². The van der Waals surface area contributed by atoms with Crippen molar-refractivity contribution in [2.45, 2.75) is 38.3 Å². The molecule has 2 aromatic rings. The van der Waals surface area contributed by atoms with Crippen LogP contribution in [0.3, 0.4) is 0 Å². The molecule has 0 aliphatic heterocycles. The van der Waals surface area contributed by atoms with Crippen LogP contribution in [0.4, 0.5) is 0 Å². The van der Waals surface area contributed by atoms with Gasteiger partial charge in [0.15, 0.2) is 0 Å². The molecule has 3 rings (SSSR count). The van der Waals surface area contributed by atoms with Gasteiger partial charge in [0.2, 0.25) is 0 Å². The van der Waals surface area contributed by atoms with Gasteiger partial charge in [0.05, 0.1) is 13.2 Å². The zero-order valence-electron chi connectivity index (χ0n) is 15.6. The van der Waals surface area contributed by atoms with E-state index in [1.165, 1.54) is 10.4 Å². The molecule has 0 unspecified atom stereocenters. The van der Waals surface area contributed by atoms with Crippen molar-refractivity contribution in [2.75, 3.05) is 13.2 Å². The molecular formula is C22H30O2Si. The quantitative estimate of drug-likeness (QED) is 0.783. The number of benzene rings is 2. The second-order valence-corrected chi connectivity index (χ2v) is 13.5. The second kappa shape index (κ2) is 6.71. The predicted octanol–water partition coefficient (Wildman–Crippen LogP) is 3.04. The van der Waals surface area contributed by atoms with Crippen LogP contribution in [0.5, 0.6) is 0 Å². The zero-order valence-corrected chi connectivity index (χ0v) is 16.6. The van der Waals surface area contributed by atoms with E-state index in [1.54, 1.807) is 0 Å². The Bertz CT molecular complexity index is 647. The van der Waals surface area contributed by atoms with Gasteiger partial charge in [-0.25, -0.2) is 0 Å². The lowest BCUT2D eigenvalue weighted by molar-refractivity contribution is 0.123. The van der Waals surface area contributed by atoms with Crippen molar-refractivity contribution >= 4 is 18.4 Å². The molecule has 134 valence electrons. The third kappa shape index (κ3) is 3.09. The maximum absolute atomic E-state index is 9.82. The minimum absolute atomic E-state index is 0.0897. The van der Waals surface area contributed by atoms with E-state index in [0.717, 1.165) is 12.5 Å². The first-order chi connectivity index (χ1) is 11.9. The molecular weight excluding hydrogens is 324 g/mol. The molecule has 25 heavy (non-hydrogen) atoms. The van der Waals surface area contributed by atoms with E-state index in [2.05, 4.69) is 81.4 Å². The third-order valence-corrected chi connectivity index (χ3v) is 12.7. The van der Waals surface area contributed by atoms with E-state index >= 15 is 0 Å². The molecule has 1 atom stereocenters. The van der Waals surface area contributed by atoms with Crippen molar-refractivity contribution in [1.82, 2.24) is 0 Å². The minimum atomic E-state index is -2.09. The topological polar surface area (TPSA) is 40.5 Å². The SMILES string of the molecule is CC(C)(C)[Si](C[C@H]1CC1(CO)CO)(c1ccccc1)c1ccccc1. The molecule has 0 radical (unpaired) electrons. The van der Waals surface area contributed by atoms with Crippen molar-refractivity contribution < 1.29 is 10.2 Å². The Morgan fingerprint density at radius 1 is 0.880 bits per heavy atom. The lowest BCUT2D eigenvalue weighted by Crippen LogP contribution is -2.64. The average Bonchev–Trinajstić information content (AvgIpc) is 3.33. The Balaban J connectivity index is 2.14. The van der Waals surface area contributed by atoms with Crippen LogP contribution < -0.4 is 10.4 Å². The van der Waals surface area contributed by atoms with Crippen LogP contribution in [-0.4, -0.2) is 31.5 Å². The first-order valence-corrected chi connectivity index (χ1v) is 11.4. The molecule has 1 fully saturated rings. The van der Waals surface area contributed by atoms with Crippen LogP contribution in [0.2, 0.25) is 11.1 Å². The Kier molecular flexibility index (Phi) is 4.93. The van der Waals surface area contributed by atoms with E-state index in [1.807, 2.05) is 0 Å². The molecule has 2 N–H and O–H groups in total. The molecule has 0 heterocycles. The fourth-order valence-corrected chi connectivity index (χ4v) is 10.5. The first kappa shape index (κ1) is 18.4. The van der Waals surface area contributed by atoms with Crippen molar-refractivity contribution in [3.05, 3.63) is 60.7 Å². The number of hydrogen-bond donors (Lipinski definition) is 2. The molecule has 0 spiro atoms. The number of aliphatic hydroxyl groups excluding tert-OH is 2. The first-order valence-electron chi connectivity index (χ1n) is 9.22. The van der Waals surface area contributed by atoms with Crippen LogP contribution in [-0.2, 0) is 0 Å². The molecule has 2 aromatic carbocycles. The summed E-state index contributed by atoms with van der Waals surface area (Å²) in [6.07, 6.45) is 0.935. The van der Waals surface area contributed by atoms with E-state index in [-0.39, 0.29) is 23.7 Å². The Morgan fingerprint density at radius 2 is 1.32 bits per heavy atom. The molecule has 1 saturated carbocycles. The van der Waals surface area contributed by atoms with E-state index < -0.39 is 8.07 Å². The summed E-state index contributed by atoms with van der Waals surface area (Å²) in [5, 5.41) is 22.7. The number of rotatable bonds is 6. The fraction of sp³-hybridized carbons (Fsp3) is 0.455. The van der Waals surface area contributed by atoms with Gasteiger partial charge in [-0.05, 0) is 23.4 Å². The summed E-state index contributed by atoms with van der Waals surface area (Å²) >= 11 is 0. The van der Waals surface area contributed by atoms with Gasteiger partial charge in [0.25, 0.3) is 0 Å². The average molecular weight is 355 g/mol. The Labute approximate surface area is 152 Å². The lowest BCUT2D eigenvalue weighted by Gasteiger charge is -2.45. The van der Waals surface area contributed by atoms with Crippen LogP contribution in [0, 0.1) is 11.3 Å². The molecule has 3 heteroatoms. The zero-order chi connectivity index (χ0) is 18.1. The number of hydrogen-bond acceptors (Lipinski definition) is 2. The van der Waals surface area contributed by atoms with Gasteiger partial charge in [-0.15, -0.1) is 0 Å². The molecule has 1 aliphatic carbocycles. The summed E-state index contributed by atoms with van der Waals surface area (Å²) in [5.41, 5.74) is -0.271. The monoisotopic (exact) mass is 354 g/mol. The van der Waals surface area contributed by atoms with Crippen molar-refractivity contribution in [2.24, 2.45) is 11.3 Å². The van der Waals surface area contributed by atoms with Gasteiger partial charge in [-0.3, -0.25) is 0 Å². The highest BCUT2D eigenvalue weighted by Gasteiger charge is 2.59. The molecule has 0 amide bonds. The fourth-order valence-electron chi connectivity index (χ4n) is 4.55. The van der Waals surface area contributed by atoms with Crippen molar-refractivity contribution in [1.29, 1.82) is 0 Å². The largest absolute Gasteiger partial charge is 0.396 e. The van der Waals surface area contributed by atoms with Crippen LogP contribution >= 0.6 is 0 Å². The summed E-state index contributed by atoms with van der Waals surface area (Å²) in [4.78, 5) is 0. The molecule has 0 aromatic heterocycles. The summed E-state index contributed by atoms with van der Waals surface area (Å²) in [5.74, 6) is 0.397. The summed E-state index contributed by atoms with van der Waals surface area (Å²) in [6.45, 7) is 7.27. The molecule has 0 bridgehead atoms. The smallest absolute Gasteiger partial charge is 0.123 e.